The lowest BCUT2D eigenvalue weighted by Crippen LogP contribution is -2.70. The summed E-state index contributed by atoms with van der Waals surface area (Å²) in [4.78, 5) is 11.4. The van der Waals surface area contributed by atoms with Gasteiger partial charge in [-0.3, -0.25) is 0 Å². The van der Waals surface area contributed by atoms with Gasteiger partial charge in [-0.05, 0) is 38.0 Å². The van der Waals surface area contributed by atoms with Crippen LogP contribution in [0, 0.1) is 23.7 Å². The van der Waals surface area contributed by atoms with Gasteiger partial charge in [0.25, 0.3) is 0 Å². The molecule has 1 spiro atoms. The summed E-state index contributed by atoms with van der Waals surface area (Å²) in [5.41, 5.74) is -1.04. The Kier molecular flexibility index (Phi) is 5.41. The van der Waals surface area contributed by atoms with Crippen LogP contribution in [0.3, 0.4) is 0 Å². The second-order valence-electron chi connectivity index (χ2n) is 9.36. The fourth-order valence-corrected chi connectivity index (χ4v) is 5.55. The number of hydrogen-bond donors (Lipinski definition) is 0. The summed E-state index contributed by atoms with van der Waals surface area (Å²) in [7, 11) is 0. The molecular formula is C19H25F7O5. The largest absolute Gasteiger partial charge is 0.459 e. The Morgan fingerprint density at radius 2 is 1.61 bits per heavy atom. The van der Waals surface area contributed by atoms with Gasteiger partial charge in [-0.1, -0.05) is 13.8 Å². The highest BCUT2D eigenvalue weighted by atomic mass is 19.4. The molecule has 1 aliphatic carbocycles. The smallest absolute Gasteiger partial charge is 0.346 e. The fourth-order valence-electron chi connectivity index (χ4n) is 5.55. The second kappa shape index (κ2) is 7.15. The van der Waals surface area contributed by atoms with Crippen molar-refractivity contribution in [2.45, 2.75) is 88.4 Å². The molecule has 8 atom stereocenters. The highest BCUT2D eigenvalue weighted by Gasteiger charge is 2.74. The van der Waals surface area contributed by atoms with Gasteiger partial charge < -0.3 is 14.2 Å². The monoisotopic (exact) mass is 466 g/mol. The quantitative estimate of drug-likeness (QED) is 0.429. The Balaban J connectivity index is 1.57. The van der Waals surface area contributed by atoms with Crippen molar-refractivity contribution in [2.24, 2.45) is 23.7 Å². The molecule has 2 bridgehead atoms. The van der Waals surface area contributed by atoms with E-state index in [0.29, 0.717) is 19.3 Å². The average molecular weight is 466 g/mol. The molecule has 4 saturated heterocycles. The molecule has 0 radical (unpaired) electrons. The van der Waals surface area contributed by atoms with E-state index in [-0.39, 0.29) is 17.8 Å². The van der Waals surface area contributed by atoms with Gasteiger partial charge in [-0.25, -0.2) is 9.78 Å². The van der Waals surface area contributed by atoms with E-state index < -0.39 is 54.5 Å². The third-order valence-electron chi connectivity index (χ3n) is 7.34. The van der Waals surface area contributed by atoms with E-state index in [4.69, 9.17) is 24.0 Å². The molecule has 4 aliphatic heterocycles. The number of rotatable bonds is 4. The van der Waals surface area contributed by atoms with Gasteiger partial charge in [0.15, 0.2) is 18.2 Å². The molecule has 180 valence electrons. The SMILES string of the molecule is C[C@@H]1[C@H](OCC(F)(F)C(F)(F)C(F)(F)F)O[C@@H]2O[C@@]3(C)CC[C@H]4[C@H](C)CC[C@@H]1[C@@]24OO3. The number of ether oxygens (including phenoxy) is 3. The van der Waals surface area contributed by atoms with Crippen molar-refractivity contribution in [3.8, 4) is 0 Å². The molecular weight excluding hydrogens is 441 g/mol. The molecule has 5 rings (SSSR count). The van der Waals surface area contributed by atoms with Crippen LogP contribution in [-0.2, 0) is 24.0 Å². The predicted octanol–water partition coefficient (Wildman–Crippen LogP) is 5.04. The molecule has 0 amide bonds. The first-order valence-electron chi connectivity index (χ1n) is 10.3. The van der Waals surface area contributed by atoms with Gasteiger partial charge in [0.2, 0.25) is 5.79 Å². The molecule has 1 saturated carbocycles. The normalized spacial score (nSPS) is 45.9. The minimum Gasteiger partial charge on any atom is -0.346 e. The number of alkyl halides is 7. The fraction of sp³-hybridized carbons (Fsp3) is 1.00. The van der Waals surface area contributed by atoms with Crippen molar-refractivity contribution >= 4 is 0 Å². The highest BCUT2D eigenvalue weighted by Crippen LogP contribution is 2.60. The van der Waals surface area contributed by atoms with E-state index in [1.54, 1.807) is 13.8 Å². The first-order chi connectivity index (χ1) is 14.1. The standard InChI is InChI=1S/C19H25F7O5/c1-9-4-5-12-10(2)13(27-8-16(20,21)18(22,23)19(24,25)26)28-14-17(12)11(9)6-7-15(3,29-14)30-31-17/h9-14H,4-8H2,1-3H3/t9-,10+,11+,12+,13-,14-,15-,17-/m1/s1. The molecule has 0 aromatic rings. The van der Waals surface area contributed by atoms with Crippen LogP contribution in [0.25, 0.3) is 0 Å². The van der Waals surface area contributed by atoms with E-state index in [1.165, 1.54) is 0 Å². The minimum atomic E-state index is -6.42. The number of hydrogen-bond acceptors (Lipinski definition) is 5. The lowest BCUT2D eigenvalue weighted by Gasteiger charge is -2.60. The van der Waals surface area contributed by atoms with Crippen molar-refractivity contribution in [3.63, 3.8) is 0 Å². The van der Waals surface area contributed by atoms with Gasteiger partial charge in [-0.15, -0.1) is 0 Å². The Hall–Kier alpha value is -0.690. The summed E-state index contributed by atoms with van der Waals surface area (Å²) in [5, 5.41) is 0. The molecule has 5 nitrogen and oxygen atoms in total. The first-order valence-corrected chi connectivity index (χ1v) is 10.3. The Morgan fingerprint density at radius 1 is 0.935 bits per heavy atom. The minimum absolute atomic E-state index is 0.0278. The lowest BCUT2D eigenvalue weighted by atomic mass is 9.58. The Bertz CT molecular complexity index is 704. The summed E-state index contributed by atoms with van der Waals surface area (Å²) in [6.45, 7) is 3.14. The van der Waals surface area contributed by atoms with Gasteiger partial charge in [0, 0.05) is 18.3 Å². The van der Waals surface area contributed by atoms with Crippen LogP contribution in [-0.4, -0.2) is 48.6 Å². The van der Waals surface area contributed by atoms with Crippen LogP contribution in [0.15, 0.2) is 0 Å². The predicted molar refractivity (Wildman–Crippen MR) is 88.7 cm³/mol. The molecule has 0 aromatic carbocycles. The van der Waals surface area contributed by atoms with Crippen LogP contribution in [0.2, 0.25) is 0 Å². The Morgan fingerprint density at radius 3 is 2.26 bits per heavy atom. The number of fused-ring (bicyclic) bond motifs is 2. The van der Waals surface area contributed by atoms with Crippen LogP contribution >= 0.6 is 0 Å². The third kappa shape index (κ3) is 3.39. The molecule has 5 aliphatic rings. The van der Waals surface area contributed by atoms with E-state index in [1.807, 2.05) is 0 Å². The summed E-state index contributed by atoms with van der Waals surface area (Å²) in [6, 6.07) is 0. The molecule has 0 unspecified atom stereocenters. The molecule has 4 heterocycles. The number of halogens is 7. The van der Waals surface area contributed by atoms with Crippen LogP contribution < -0.4 is 0 Å². The molecule has 0 N–H and O–H groups in total. The van der Waals surface area contributed by atoms with Crippen molar-refractivity contribution < 1.29 is 54.7 Å². The molecule has 0 aromatic heterocycles. The van der Waals surface area contributed by atoms with E-state index in [9.17, 15) is 30.7 Å². The maximum absolute atomic E-state index is 13.8. The maximum atomic E-state index is 13.8. The maximum Gasteiger partial charge on any atom is 0.459 e. The summed E-state index contributed by atoms with van der Waals surface area (Å²) in [5.74, 6) is -13.7. The third-order valence-corrected chi connectivity index (χ3v) is 7.34. The molecule has 12 heteroatoms. The summed E-state index contributed by atoms with van der Waals surface area (Å²) in [6.07, 6.45) is -6.41. The van der Waals surface area contributed by atoms with Gasteiger partial charge in [0.05, 0.1) is 0 Å². The van der Waals surface area contributed by atoms with Crippen LogP contribution in [0.1, 0.15) is 46.5 Å². The van der Waals surface area contributed by atoms with Gasteiger partial charge in [-0.2, -0.15) is 30.7 Å². The van der Waals surface area contributed by atoms with Crippen molar-refractivity contribution in [1.29, 1.82) is 0 Å². The van der Waals surface area contributed by atoms with Gasteiger partial charge in [0.1, 0.15) is 6.61 Å². The average Bonchev–Trinajstić information content (AvgIpc) is 2.88. The van der Waals surface area contributed by atoms with Crippen LogP contribution in [0.5, 0.6) is 0 Å². The topological polar surface area (TPSA) is 46.2 Å². The zero-order valence-electron chi connectivity index (χ0n) is 17.2. The molecule has 5 fully saturated rings. The van der Waals surface area contributed by atoms with Crippen LogP contribution in [0.4, 0.5) is 30.7 Å². The lowest BCUT2D eigenvalue weighted by molar-refractivity contribution is -0.578. The van der Waals surface area contributed by atoms with Crippen molar-refractivity contribution in [1.82, 2.24) is 0 Å². The summed E-state index contributed by atoms with van der Waals surface area (Å²) >= 11 is 0. The van der Waals surface area contributed by atoms with E-state index in [0.717, 1.165) is 6.42 Å². The second-order valence-corrected chi connectivity index (χ2v) is 9.36. The summed E-state index contributed by atoms with van der Waals surface area (Å²) < 4.78 is 108. The highest BCUT2D eigenvalue weighted by molar-refractivity contribution is 5.09. The van der Waals surface area contributed by atoms with E-state index >= 15 is 0 Å². The zero-order chi connectivity index (χ0) is 23.0. The van der Waals surface area contributed by atoms with Crippen molar-refractivity contribution in [2.75, 3.05) is 6.61 Å². The van der Waals surface area contributed by atoms with E-state index in [2.05, 4.69) is 6.92 Å². The zero-order valence-corrected chi connectivity index (χ0v) is 17.2. The van der Waals surface area contributed by atoms with Gasteiger partial charge >= 0.3 is 18.0 Å². The first kappa shape index (κ1) is 23.5. The van der Waals surface area contributed by atoms with Crippen molar-refractivity contribution in [3.05, 3.63) is 0 Å². The Labute approximate surface area is 174 Å². The molecule has 31 heavy (non-hydrogen) atoms.